The van der Waals surface area contributed by atoms with Gasteiger partial charge in [0.05, 0.1) is 0 Å². The molecule has 2 aromatic rings. The second kappa shape index (κ2) is 6.43. The number of halogens is 1. The monoisotopic (exact) mass is 247 g/mol. The van der Waals surface area contributed by atoms with Crippen molar-refractivity contribution in [3.63, 3.8) is 0 Å². The number of rotatable bonds is 3. The molecule has 2 rings (SSSR count). The maximum Gasteiger partial charge on any atom is 0.0438 e. The Kier molecular flexibility index (Phi) is 5.20. The van der Waals surface area contributed by atoms with Crippen molar-refractivity contribution in [2.75, 3.05) is 0 Å². The van der Waals surface area contributed by atoms with Crippen molar-refractivity contribution in [1.29, 1.82) is 0 Å². The van der Waals surface area contributed by atoms with E-state index in [9.17, 15) is 0 Å². The normalized spacial score (nSPS) is 11.6. The Morgan fingerprint density at radius 1 is 0.941 bits per heavy atom. The van der Waals surface area contributed by atoms with Crippen LogP contribution < -0.4 is 6.15 Å². The van der Waals surface area contributed by atoms with E-state index in [1.807, 2.05) is 24.3 Å². The zero-order valence-electron chi connectivity index (χ0n) is 10.1. The van der Waals surface area contributed by atoms with Crippen LogP contribution in [0.3, 0.4) is 0 Å². The Hall–Kier alpha value is -1.31. The summed E-state index contributed by atoms with van der Waals surface area (Å²) in [6.45, 7) is 2.23. The highest BCUT2D eigenvalue weighted by Crippen LogP contribution is 2.24. The number of benzene rings is 2. The fourth-order valence-corrected chi connectivity index (χ4v) is 2.11. The number of hydrogen-bond donors (Lipinski definition) is 1. The standard InChI is InChI=1S/C15H15Cl.H3N/c1-12(13-7-3-2-4-8-13)11-14-9-5-6-10-15(14)16;/h2-10,12H,11H2,1H3;1H3. The molecule has 3 N–H and O–H groups in total. The first-order chi connectivity index (χ1) is 7.77. The van der Waals surface area contributed by atoms with Crippen LogP contribution in [0.2, 0.25) is 5.02 Å². The van der Waals surface area contributed by atoms with E-state index >= 15 is 0 Å². The topological polar surface area (TPSA) is 35.0 Å². The predicted octanol–water partition coefficient (Wildman–Crippen LogP) is 4.85. The molecule has 2 aromatic carbocycles. The Bertz CT molecular complexity index is 453. The van der Waals surface area contributed by atoms with Gasteiger partial charge >= 0.3 is 0 Å². The maximum absolute atomic E-state index is 6.16. The fourth-order valence-electron chi connectivity index (χ4n) is 1.89. The molecule has 0 saturated carbocycles. The van der Waals surface area contributed by atoms with Gasteiger partial charge in [-0.15, -0.1) is 0 Å². The van der Waals surface area contributed by atoms with Crippen molar-refractivity contribution in [1.82, 2.24) is 6.15 Å². The van der Waals surface area contributed by atoms with E-state index < -0.39 is 0 Å². The van der Waals surface area contributed by atoms with Gasteiger partial charge in [0.1, 0.15) is 0 Å². The molecule has 0 heterocycles. The lowest BCUT2D eigenvalue weighted by molar-refractivity contribution is 0.759. The van der Waals surface area contributed by atoms with E-state index in [0.29, 0.717) is 5.92 Å². The molecule has 1 nitrogen and oxygen atoms in total. The Morgan fingerprint density at radius 3 is 2.18 bits per heavy atom. The Labute approximate surface area is 108 Å². The van der Waals surface area contributed by atoms with Crippen LogP contribution in [0.5, 0.6) is 0 Å². The lowest BCUT2D eigenvalue weighted by atomic mass is 9.94. The van der Waals surface area contributed by atoms with E-state index in [0.717, 1.165) is 11.4 Å². The van der Waals surface area contributed by atoms with Crippen LogP contribution in [0, 0.1) is 0 Å². The molecule has 17 heavy (non-hydrogen) atoms. The average Bonchev–Trinajstić information content (AvgIpc) is 2.33. The van der Waals surface area contributed by atoms with E-state index in [4.69, 9.17) is 11.6 Å². The van der Waals surface area contributed by atoms with Crippen LogP contribution >= 0.6 is 11.6 Å². The first-order valence-electron chi connectivity index (χ1n) is 5.55. The minimum atomic E-state index is 0. The molecule has 2 heteroatoms. The molecule has 0 radical (unpaired) electrons. The van der Waals surface area contributed by atoms with Gasteiger partial charge in [0.2, 0.25) is 0 Å². The summed E-state index contributed by atoms with van der Waals surface area (Å²) in [6, 6.07) is 18.6. The molecule has 0 fully saturated rings. The average molecular weight is 248 g/mol. The van der Waals surface area contributed by atoms with Gasteiger partial charge in [0.25, 0.3) is 0 Å². The van der Waals surface area contributed by atoms with Crippen LogP contribution in [-0.2, 0) is 6.42 Å². The third-order valence-corrected chi connectivity index (χ3v) is 3.22. The lowest BCUT2D eigenvalue weighted by Gasteiger charge is -2.12. The fraction of sp³-hybridized carbons (Fsp3) is 0.200. The summed E-state index contributed by atoms with van der Waals surface area (Å²) in [7, 11) is 0. The Morgan fingerprint density at radius 2 is 1.53 bits per heavy atom. The van der Waals surface area contributed by atoms with Crippen LogP contribution in [0.15, 0.2) is 54.6 Å². The molecule has 0 saturated heterocycles. The van der Waals surface area contributed by atoms with Gasteiger partial charge in [0, 0.05) is 5.02 Å². The molecule has 0 aliphatic rings. The molecule has 0 amide bonds. The predicted molar refractivity (Wildman–Crippen MR) is 75.0 cm³/mol. The zero-order chi connectivity index (χ0) is 11.4. The Balaban J connectivity index is 0.00000144. The summed E-state index contributed by atoms with van der Waals surface area (Å²) in [5.41, 5.74) is 2.59. The molecular formula is C15H18ClN. The molecule has 0 aliphatic heterocycles. The van der Waals surface area contributed by atoms with Crippen LogP contribution in [0.4, 0.5) is 0 Å². The van der Waals surface area contributed by atoms with Gasteiger partial charge in [-0.1, -0.05) is 67.1 Å². The van der Waals surface area contributed by atoms with Gasteiger partial charge in [-0.05, 0) is 29.5 Å². The van der Waals surface area contributed by atoms with Crippen molar-refractivity contribution in [3.05, 3.63) is 70.7 Å². The summed E-state index contributed by atoms with van der Waals surface area (Å²) in [5, 5.41) is 0.866. The quantitative estimate of drug-likeness (QED) is 0.827. The minimum Gasteiger partial charge on any atom is -0.344 e. The van der Waals surface area contributed by atoms with Crippen LogP contribution in [0.1, 0.15) is 24.0 Å². The van der Waals surface area contributed by atoms with E-state index in [1.54, 1.807) is 0 Å². The highest BCUT2D eigenvalue weighted by atomic mass is 35.5. The SMILES string of the molecule is CC(Cc1ccccc1Cl)c1ccccc1.N. The second-order valence-corrected chi connectivity index (χ2v) is 4.51. The van der Waals surface area contributed by atoms with Gasteiger partial charge < -0.3 is 6.15 Å². The smallest absolute Gasteiger partial charge is 0.0438 e. The van der Waals surface area contributed by atoms with E-state index in [2.05, 4.69) is 37.3 Å². The van der Waals surface area contributed by atoms with E-state index in [1.165, 1.54) is 11.1 Å². The summed E-state index contributed by atoms with van der Waals surface area (Å²) >= 11 is 6.16. The molecule has 0 aliphatic carbocycles. The third-order valence-electron chi connectivity index (χ3n) is 2.85. The minimum absolute atomic E-state index is 0. The molecule has 90 valence electrons. The molecule has 1 atom stereocenters. The lowest BCUT2D eigenvalue weighted by Crippen LogP contribution is -1.98. The summed E-state index contributed by atoms with van der Waals surface area (Å²) < 4.78 is 0. The molecule has 0 spiro atoms. The van der Waals surface area contributed by atoms with Crippen molar-refractivity contribution in [2.24, 2.45) is 0 Å². The van der Waals surface area contributed by atoms with Gasteiger partial charge in [-0.25, -0.2) is 0 Å². The van der Waals surface area contributed by atoms with E-state index in [-0.39, 0.29) is 6.15 Å². The molecule has 0 bridgehead atoms. The third kappa shape index (κ3) is 3.58. The summed E-state index contributed by atoms with van der Waals surface area (Å²) in [5.74, 6) is 0.501. The maximum atomic E-state index is 6.16. The first kappa shape index (κ1) is 13.8. The van der Waals surface area contributed by atoms with Crippen LogP contribution in [0.25, 0.3) is 0 Å². The largest absolute Gasteiger partial charge is 0.344 e. The highest BCUT2D eigenvalue weighted by Gasteiger charge is 2.07. The van der Waals surface area contributed by atoms with Crippen molar-refractivity contribution >= 4 is 11.6 Å². The van der Waals surface area contributed by atoms with Gasteiger partial charge in [-0.2, -0.15) is 0 Å². The van der Waals surface area contributed by atoms with Gasteiger partial charge in [-0.3, -0.25) is 0 Å². The van der Waals surface area contributed by atoms with Crippen molar-refractivity contribution < 1.29 is 0 Å². The molecule has 1 unspecified atom stereocenters. The van der Waals surface area contributed by atoms with Crippen molar-refractivity contribution in [2.45, 2.75) is 19.3 Å². The summed E-state index contributed by atoms with van der Waals surface area (Å²) in [4.78, 5) is 0. The molecular weight excluding hydrogens is 230 g/mol. The van der Waals surface area contributed by atoms with Crippen LogP contribution in [-0.4, -0.2) is 0 Å². The van der Waals surface area contributed by atoms with Crippen molar-refractivity contribution in [3.8, 4) is 0 Å². The van der Waals surface area contributed by atoms with Gasteiger partial charge in [0.15, 0.2) is 0 Å². The first-order valence-corrected chi connectivity index (χ1v) is 5.93. The zero-order valence-corrected chi connectivity index (χ0v) is 10.8. The second-order valence-electron chi connectivity index (χ2n) is 4.11. The summed E-state index contributed by atoms with van der Waals surface area (Å²) in [6.07, 6.45) is 0.990. The number of hydrogen-bond acceptors (Lipinski definition) is 1. The molecule has 0 aromatic heterocycles. The highest BCUT2D eigenvalue weighted by molar-refractivity contribution is 6.31.